The number of nitro benzene ring substituents is 1. The second kappa shape index (κ2) is 10.7. The SMILES string of the molecule is CC[C@H](C(=O)N[C@H]1CC(CC)(CC)Oc2ccccc21)N(c1cc([N+](=O)[O-])ccc1OC)S(C)(=O)=O. The quantitative estimate of drug-likeness (QED) is 0.365. The van der Waals surface area contributed by atoms with Crippen LogP contribution in [0.15, 0.2) is 42.5 Å². The van der Waals surface area contributed by atoms with Crippen LogP contribution in [0.4, 0.5) is 11.4 Å². The molecular formula is C25H33N3O7S. The van der Waals surface area contributed by atoms with Crippen molar-refractivity contribution in [3.05, 3.63) is 58.1 Å². The number of nitrogens with one attached hydrogen (secondary N) is 1. The molecule has 0 fully saturated rings. The standard InChI is InChI=1S/C25H33N3O7S/c1-6-20(27(36(5,32)33)21-15-17(28(30)31)13-14-23(21)34-4)24(29)26-19-16-25(7-2,8-3)35-22-12-10-9-11-18(19)22/h9-15,19-20H,6-8,16H2,1-5H3,(H,26,29)/t19-,20+/m0/s1. The van der Waals surface area contributed by atoms with Crippen molar-refractivity contribution in [3.8, 4) is 11.5 Å². The number of carbonyl (C=O) groups is 1. The van der Waals surface area contributed by atoms with E-state index in [1.807, 2.05) is 38.1 Å². The molecule has 11 heteroatoms. The number of hydrogen-bond acceptors (Lipinski definition) is 7. The Kier molecular flexibility index (Phi) is 8.12. The number of ether oxygens (including phenoxy) is 2. The van der Waals surface area contributed by atoms with Gasteiger partial charge in [-0.1, -0.05) is 39.0 Å². The molecule has 2 aromatic rings. The lowest BCUT2D eigenvalue weighted by Gasteiger charge is -2.42. The Morgan fingerprint density at radius 2 is 1.92 bits per heavy atom. The minimum Gasteiger partial charge on any atom is -0.495 e. The summed E-state index contributed by atoms with van der Waals surface area (Å²) in [6.07, 6.45) is 3.09. The zero-order valence-electron chi connectivity index (χ0n) is 21.2. The van der Waals surface area contributed by atoms with E-state index < -0.39 is 38.5 Å². The van der Waals surface area contributed by atoms with Gasteiger partial charge in [-0.2, -0.15) is 0 Å². The fourth-order valence-electron chi connectivity index (χ4n) is 4.70. The van der Waals surface area contributed by atoms with Gasteiger partial charge < -0.3 is 14.8 Å². The summed E-state index contributed by atoms with van der Waals surface area (Å²) >= 11 is 0. The van der Waals surface area contributed by atoms with Crippen LogP contribution < -0.4 is 19.1 Å². The Bertz CT molecular complexity index is 1230. The second-order valence-corrected chi connectivity index (χ2v) is 10.8. The van der Waals surface area contributed by atoms with Gasteiger partial charge in [0.1, 0.15) is 28.8 Å². The summed E-state index contributed by atoms with van der Waals surface area (Å²) < 4.78 is 38.5. The fraction of sp³-hybridized carbons (Fsp3) is 0.480. The monoisotopic (exact) mass is 519 g/mol. The Morgan fingerprint density at radius 1 is 1.25 bits per heavy atom. The Morgan fingerprint density at radius 3 is 2.47 bits per heavy atom. The van der Waals surface area contributed by atoms with E-state index in [2.05, 4.69) is 5.32 Å². The highest BCUT2D eigenvalue weighted by atomic mass is 32.2. The number of nitro groups is 1. The Balaban J connectivity index is 2.04. The zero-order chi connectivity index (χ0) is 26.7. The number of rotatable bonds is 10. The predicted molar refractivity (Wildman–Crippen MR) is 137 cm³/mol. The minimum atomic E-state index is -4.04. The molecule has 36 heavy (non-hydrogen) atoms. The molecule has 0 saturated carbocycles. The van der Waals surface area contributed by atoms with Gasteiger partial charge in [-0.25, -0.2) is 8.42 Å². The first kappa shape index (κ1) is 27.3. The van der Waals surface area contributed by atoms with Crippen LogP contribution >= 0.6 is 0 Å². The fourth-order valence-corrected chi connectivity index (χ4v) is 5.90. The summed E-state index contributed by atoms with van der Waals surface area (Å²) in [5.41, 5.74) is -0.0332. The number of non-ortho nitro benzene ring substituents is 1. The lowest BCUT2D eigenvalue weighted by molar-refractivity contribution is -0.384. The van der Waals surface area contributed by atoms with Crippen LogP contribution in [0.5, 0.6) is 11.5 Å². The molecule has 1 aliphatic rings. The van der Waals surface area contributed by atoms with Crippen LogP contribution in [0.25, 0.3) is 0 Å². The van der Waals surface area contributed by atoms with Crippen molar-refractivity contribution in [1.29, 1.82) is 0 Å². The number of carbonyl (C=O) groups excluding carboxylic acids is 1. The van der Waals surface area contributed by atoms with E-state index in [1.54, 1.807) is 6.92 Å². The van der Waals surface area contributed by atoms with Gasteiger partial charge in [-0.3, -0.25) is 19.2 Å². The van der Waals surface area contributed by atoms with Gasteiger partial charge in [0.25, 0.3) is 5.69 Å². The van der Waals surface area contributed by atoms with Crippen molar-refractivity contribution in [3.63, 3.8) is 0 Å². The third-order valence-corrected chi connectivity index (χ3v) is 7.91. The van der Waals surface area contributed by atoms with E-state index in [0.717, 1.165) is 35.0 Å². The third-order valence-electron chi connectivity index (χ3n) is 6.74. The molecule has 1 amide bonds. The number of anilines is 1. The Hall–Kier alpha value is -3.34. The Labute approximate surface area is 211 Å². The lowest BCUT2D eigenvalue weighted by atomic mass is 9.83. The van der Waals surface area contributed by atoms with Crippen molar-refractivity contribution in [2.24, 2.45) is 0 Å². The molecule has 1 heterocycles. The van der Waals surface area contributed by atoms with Crippen molar-refractivity contribution in [1.82, 2.24) is 5.32 Å². The summed E-state index contributed by atoms with van der Waals surface area (Å²) in [6, 6.07) is 9.57. The van der Waals surface area contributed by atoms with E-state index in [-0.39, 0.29) is 23.5 Å². The maximum atomic E-state index is 13.7. The number of amides is 1. The van der Waals surface area contributed by atoms with Crippen LogP contribution in [-0.4, -0.2) is 44.3 Å². The van der Waals surface area contributed by atoms with E-state index in [9.17, 15) is 23.3 Å². The van der Waals surface area contributed by atoms with E-state index in [4.69, 9.17) is 9.47 Å². The van der Waals surface area contributed by atoms with Crippen molar-refractivity contribution in [2.45, 2.75) is 64.1 Å². The molecule has 0 bridgehead atoms. The van der Waals surface area contributed by atoms with Crippen LogP contribution in [0.1, 0.15) is 58.1 Å². The number of methoxy groups -OCH3 is 1. The van der Waals surface area contributed by atoms with Gasteiger partial charge >= 0.3 is 0 Å². The van der Waals surface area contributed by atoms with Gasteiger partial charge in [0, 0.05) is 24.1 Å². The lowest BCUT2D eigenvalue weighted by Crippen LogP contribution is -2.52. The molecule has 0 radical (unpaired) electrons. The number of para-hydroxylation sites is 1. The second-order valence-electron chi connectivity index (χ2n) is 8.89. The molecule has 0 unspecified atom stereocenters. The highest BCUT2D eigenvalue weighted by Gasteiger charge is 2.41. The summed E-state index contributed by atoms with van der Waals surface area (Å²) in [6.45, 7) is 5.75. The zero-order valence-corrected chi connectivity index (χ0v) is 22.0. The molecular weight excluding hydrogens is 486 g/mol. The average Bonchev–Trinajstić information content (AvgIpc) is 2.85. The molecule has 0 aromatic heterocycles. The molecule has 1 aliphatic heterocycles. The van der Waals surface area contributed by atoms with Crippen LogP contribution in [0, 0.1) is 10.1 Å². The molecule has 10 nitrogen and oxygen atoms in total. The summed E-state index contributed by atoms with van der Waals surface area (Å²) in [7, 11) is -2.70. The molecule has 1 N–H and O–H groups in total. The first-order valence-electron chi connectivity index (χ1n) is 11.9. The van der Waals surface area contributed by atoms with E-state index in [1.165, 1.54) is 19.2 Å². The van der Waals surface area contributed by atoms with Crippen molar-refractivity contribution in [2.75, 3.05) is 17.7 Å². The maximum absolute atomic E-state index is 13.7. The third kappa shape index (κ3) is 5.40. The normalized spacial score (nSPS) is 17.3. The number of sulfonamides is 1. The molecule has 3 rings (SSSR count). The minimum absolute atomic E-state index is 0.0694. The van der Waals surface area contributed by atoms with Gasteiger partial charge in [0.05, 0.1) is 24.3 Å². The van der Waals surface area contributed by atoms with Crippen LogP contribution in [0.2, 0.25) is 0 Å². The largest absolute Gasteiger partial charge is 0.495 e. The molecule has 196 valence electrons. The summed E-state index contributed by atoms with van der Waals surface area (Å²) in [5, 5.41) is 14.4. The first-order valence-corrected chi connectivity index (χ1v) is 13.7. The number of fused-ring (bicyclic) bond motifs is 1. The van der Waals surface area contributed by atoms with Gasteiger partial charge in [-0.05, 0) is 31.4 Å². The highest BCUT2D eigenvalue weighted by molar-refractivity contribution is 7.92. The van der Waals surface area contributed by atoms with Crippen LogP contribution in [-0.2, 0) is 14.8 Å². The first-order chi connectivity index (χ1) is 17.0. The smallest absolute Gasteiger partial charge is 0.271 e. The summed E-state index contributed by atoms with van der Waals surface area (Å²) in [5.74, 6) is 0.273. The number of nitrogens with zero attached hydrogens (tertiary/aromatic N) is 2. The molecule has 2 atom stereocenters. The van der Waals surface area contributed by atoms with Gasteiger partial charge in [0.2, 0.25) is 15.9 Å². The molecule has 0 spiro atoms. The van der Waals surface area contributed by atoms with Crippen LogP contribution in [0.3, 0.4) is 0 Å². The molecule has 0 saturated heterocycles. The number of hydrogen-bond donors (Lipinski definition) is 1. The maximum Gasteiger partial charge on any atom is 0.271 e. The van der Waals surface area contributed by atoms with E-state index in [0.29, 0.717) is 12.2 Å². The summed E-state index contributed by atoms with van der Waals surface area (Å²) in [4.78, 5) is 24.5. The van der Waals surface area contributed by atoms with Crippen molar-refractivity contribution < 1.29 is 27.6 Å². The van der Waals surface area contributed by atoms with Gasteiger partial charge in [0.15, 0.2) is 0 Å². The predicted octanol–water partition coefficient (Wildman–Crippen LogP) is 4.35. The van der Waals surface area contributed by atoms with Crippen molar-refractivity contribution >= 4 is 27.3 Å². The topological polar surface area (TPSA) is 128 Å². The highest BCUT2D eigenvalue weighted by Crippen LogP contribution is 2.43. The molecule has 0 aliphatic carbocycles. The average molecular weight is 520 g/mol. The molecule has 2 aromatic carbocycles. The van der Waals surface area contributed by atoms with E-state index >= 15 is 0 Å². The number of benzene rings is 2. The van der Waals surface area contributed by atoms with Gasteiger partial charge in [-0.15, -0.1) is 0 Å².